The fraction of sp³-hybridized carbons (Fsp3) is 0.875. The number of amides is 1. The summed E-state index contributed by atoms with van der Waals surface area (Å²) in [4.78, 5) is 25.1. The van der Waals surface area contributed by atoms with Gasteiger partial charge in [-0.25, -0.2) is 4.79 Å². The van der Waals surface area contributed by atoms with Crippen LogP contribution in [0.25, 0.3) is 0 Å². The number of hydrogen-bond acceptors (Lipinski definition) is 4. The van der Waals surface area contributed by atoms with Gasteiger partial charge in [-0.3, -0.25) is 9.69 Å². The minimum atomic E-state index is -5.08. The maximum atomic E-state index is 11.9. The lowest BCUT2D eigenvalue weighted by Crippen LogP contribution is -2.47. The van der Waals surface area contributed by atoms with Crippen LogP contribution in [0.15, 0.2) is 0 Å². The van der Waals surface area contributed by atoms with Gasteiger partial charge in [0, 0.05) is 33.2 Å². The van der Waals surface area contributed by atoms with Gasteiger partial charge in [0.05, 0.1) is 6.10 Å². The summed E-state index contributed by atoms with van der Waals surface area (Å²) in [7, 11) is 3.62. The van der Waals surface area contributed by atoms with Crippen LogP contribution in [-0.4, -0.2) is 78.4 Å². The van der Waals surface area contributed by atoms with E-state index in [0.29, 0.717) is 12.1 Å². The van der Waals surface area contributed by atoms with E-state index >= 15 is 0 Å². The topological polar surface area (TPSA) is 70.1 Å². The van der Waals surface area contributed by atoms with Crippen molar-refractivity contribution in [1.82, 2.24) is 9.80 Å². The van der Waals surface area contributed by atoms with Gasteiger partial charge in [0.25, 0.3) is 5.91 Å². The van der Waals surface area contributed by atoms with Crippen LogP contribution in [0.2, 0.25) is 0 Å². The molecule has 2 saturated heterocycles. The molecule has 9 heteroatoms. The molecular weight excluding hydrogens is 341 g/mol. The Labute approximate surface area is 144 Å². The van der Waals surface area contributed by atoms with Crippen molar-refractivity contribution in [2.75, 3.05) is 27.2 Å². The second-order valence-electron chi connectivity index (χ2n) is 7.07. The standard InChI is InChI=1S/C14H24N2O2.C2HF3O2/c1-15(2)14(17)13-6-5-11-12(18-13)7-8-16(11)9-10-3-4-10;3-2(4,5)1(6)7/h10-13H,3-9H2,1-2H3;(H,6,7)/t11-,12-,13+;/m1./s1. The van der Waals surface area contributed by atoms with E-state index in [4.69, 9.17) is 14.6 Å². The average Bonchev–Trinajstić information content (AvgIpc) is 3.25. The number of halogens is 3. The number of aliphatic carboxylic acids is 1. The van der Waals surface area contributed by atoms with Crippen LogP contribution < -0.4 is 0 Å². The molecule has 3 rings (SSSR count). The summed E-state index contributed by atoms with van der Waals surface area (Å²) in [5.74, 6) is -1.67. The quantitative estimate of drug-likeness (QED) is 0.824. The van der Waals surface area contributed by atoms with E-state index in [-0.39, 0.29) is 12.0 Å². The van der Waals surface area contributed by atoms with Crippen LogP contribution in [0.3, 0.4) is 0 Å². The lowest BCUT2D eigenvalue weighted by atomic mass is 9.98. The van der Waals surface area contributed by atoms with E-state index in [1.807, 2.05) is 14.1 Å². The summed E-state index contributed by atoms with van der Waals surface area (Å²) in [6, 6.07) is 0.580. The second kappa shape index (κ2) is 7.90. The van der Waals surface area contributed by atoms with Crippen molar-refractivity contribution in [2.24, 2.45) is 5.92 Å². The first-order chi connectivity index (χ1) is 11.6. The number of hydrogen-bond donors (Lipinski definition) is 1. The zero-order valence-corrected chi connectivity index (χ0v) is 14.5. The monoisotopic (exact) mass is 366 g/mol. The number of likely N-dealkylation sites (tertiary alicyclic amines) is 1. The Kier molecular flexibility index (Phi) is 6.31. The molecule has 2 heterocycles. The first-order valence-electron chi connectivity index (χ1n) is 8.50. The molecule has 1 N–H and O–H groups in total. The van der Waals surface area contributed by atoms with Gasteiger partial charge < -0.3 is 14.7 Å². The number of carbonyl (C=O) groups is 2. The predicted molar refractivity (Wildman–Crippen MR) is 83.0 cm³/mol. The molecule has 1 aliphatic carbocycles. The Hall–Kier alpha value is -1.35. The molecule has 3 atom stereocenters. The molecule has 1 saturated carbocycles. The zero-order chi connectivity index (χ0) is 18.8. The van der Waals surface area contributed by atoms with E-state index in [2.05, 4.69) is 4.90 Å². The van der Waals surface area contributed by atoms with E-state index in [9.17, 15) is 18.0 Å². The molecule has 6 nitrogen and oxygen atoms in total. The van der Waals surface area contributed by atoms with Gasteiger partial charge in [-0.2, -0.15) is 13.2 Å². The van der Waals surface area contributed by atoms with E-state index in [1.165, 1.54) is 19.4 Å². The van der Waals surface area contributed by atoms with Crippen molar-refractivity contribution in [2.45, 2.75) is 56.5 Å². The molecule has 0 unspecified atom stereocenters. The van der Waals surface area contributed by atoms with Crippen LogP contribution in [0.1, 0.15) is 32.1 Å². The van der Waals surface area contributed by atoms with Crippen molar-refractivity contribution in [3.63, 3.8) is 0 Å². The van der Waals surface area contributed by atoms with Crippen molar-refractivity contribution in [1.29, 1.82) is 0 Å². The normalized spacial score (nSPS) is 29.4. The third kappa shape index (κ3) is 5.57. The van der Waals surface area contributed by atoms with E-state index < -0.39 is 12.1 Å². The SMILES string of the molecule is CN(C)C(=O)[C@@H]1CC[C@@H]2[C@@H](CCN2CC2CC2)O1.O=C(O)C(F)(F)F. The lowest BCUT2D eigenvalue weighted by Gasteiger charge is -2.36. The molecule has 0 aromatic rings. The molecule has 0 spiro atoms. The van der Waals surface area contributed by atoms with Crippen LogP contribution in [0, 0.1) is 5.92 Å². The molecule has 0 radical (unpaired) electrons. The minimum Gasteiger partial charge on any atom is -0.475 e. The molecule has 0 aromatic heterocycles. The van der Waals surface area contributed by atoms with Crippen molar-refractivity contribution >= 4 is 11.9 Å². The van der Waals surface area contributed by atoms with Gasteiger partial charge in [-0.15, -0.1) is 0 Å². The number of carboxylic acid groups (broad SMARTS) is 1. The van der Waals surface area contributed by atoms with Crippen LogP contribution in [-0.2, 0) is 14.3 Å². The molecule has 3 aliphatic rings. The Morgan fingerprint density at radius 3 is 2.24 bits per heavy atom. The third-order valence-electron chi connectivity index (χ3n) is 4.81. The van der Waals surface area contributed by atoms with Gasteiger partial charge in [0.15, 0.2) is 0 Å². The first kappa shape index (κ1) is 20.0. The fourth-order valence-electron chi connectivity index (χ4n) is 3.34. The number of ether oxygens (including phenoxy) is 1. The summed E-state index contributed by atoms with van der Waals surface area (Å²) in [5, 5.41) is 7.12. The molecule has 0 aromatic carbocycles. The largest absolute Gasteiger partial charge is 0.490 e. The number of fused-ring (bicyclic) bond motifs is 1. The molecule has 1 amide bonds. The highest BCUT2D eigenvalue weighted by Crippen LogP contribution is 2.36. The van der Waals surface area contributed by atoms with Crippen molar-refractivity contribution in [3.05, 3.63) is 0 Å². The minimum absolute atomic E-state index is 0.133. The number of carboxylic acids is 1. The zero-order valence-electron chi connectivity index (χ0n) is 14.5. The number of alkyl halides is 3. The van der Waals surface area contributed by atoms with Crippen molar-refractivity contribution < 1.29 is 32.6 Å². The molecule has 25 heavy (non-hydrogen) atoms. The van der Waals surface area contributed by atoms with Gasteiger partial charge in [0.1, 0.15) is 6.10 Å². The maximum Gasteiger partial charge on any atom is 0.490 e. The Balaban J connectivity index is 0.000000277. The maximum absolute atomic E-state index is 11.9. The predicted octanol–water partition coefficient (Wildman–Crippen LogP) is 1.74. The van der Waals surface area contributed by atoms with Crippen LogP contribution >= 0.6 is 0 Å². The Bertz CT molecular complexity index is 494. The number of rotatable bonds is 3. The van der Waals surface area contributed by atoms with Crippen LogP contribution in [0.5, 0.6) is 0 Å². The molecule has 3 fully saturated rings. The summed E-state index contributed by atoms with van der Waals surface area (Å²) < 4.78 is 37.8. The molecule has 0 bridgehead atoms. The summed E-state index contributed by atoms with van der Waals surface area (Å²) in [6.45, 7) is 2.42. The number of likely N-dealkylation sites (N-methyl/N-ethyl adjacent to an activating group) is 1. The molecule has 144 valence electrons. The highest BCUT2D eigenvalue weighted by Gasteiger charge is 2.43. The average molecular weight is 366 g/mol. The van der Waals surface area contributed by atoms with E-state index in [0.717, 1.165) is 31.7 Å². The van der Waals surface area contributed by atoms with Gasteiger partial charge >= 0.3 is 12.1 Å². The van der Waals surface area contributed by atoms with E-state index in [1.54, 1.807) is 4.90 Å². The summed E-state index contributed by atoms with van der Waals surface area (Å²) in [6.07, 6.45) is 0.969. The van der Waals surface area contributed by atoms with Crippen molar-refractivity contribution in [3.8, 4) is 0 Å². The third-order valence-corrected chi connectivity index (χ3v) is 4.81. The summed E-state index contributed by atoms with van der Waals surface area (Å²) in [5.41, 5.74) is 0. The second-order valence-corrected chi connectivity index (χ2v) is 7.07. The highest BCUT2D eigenvalue weighted by molar-refractivity contribution is 5.80. The fourth-order valence-corrected chi connectivity index (χ4v) is 3.34. The van der Waals surface area contributed by atoms with Crippen LogP contribution in [0.4, 0.5) is 13.2 Å². The molecule has 2 aliphatic heterocycles. The number of nitrogens with zero attached hydrogens (tertiary/aromatic N) is 2. The number of carbonyl (C=O) groups excluding carboxylic acids is 1. The Morgan fingerprint density at radius 2 is 1.76 bits per heavy atom. The molecular formula is C16H25F3N2O4. The highest BCUT2D eigenvalue weighted by atomic mass is 19.4. The van der Waals surface area contributed by atoms with Gasteiger partial charge in [-0.1, -0.05) is 0 Å². The lowest BCUT2D eigenvalue weighted by molar-refractivity contribution is -0.192. The van der Waals surface area contributed by atoms with Gasteiger partial charge in [-0.05, 0) is 38.0 Å². The summed E-state index contributed by atoms with van der Waals surface area (Å²) >= 11 is 0. The smallest absolute Gasteiger partial charge is 0.475 e. The van der Waals surface area contributed by atoms with Gasteiger partial charge in [0.2, 0.25) is 0 Å². The Morgan fingerprint density at radius 1 is 1.16 bits per heavy atom. The first-order valence-corrected chi connectivity index (χ1v) is 8.50.